The van der Waals surface area contributed by atoms with Gasteiger partial charge in [-0.2, -0.15) is 4.98 Å². The number of hydrogen-bond acceptors (Lipinski definition) is 5. The molecular formula is C17H21N3O3. The number of carbonyl (C=O) groups is 1. The molecule has 23 heavy (non-hydrogen) atoms. The smallest absolute Gasteiger partial charge is 0.316 e. The minimum absolute atomic E-state index is 0.232. The van der Waals surface area contributed by atoms with E-state index in [2.05, 4.69) is 9.88 Å². The number of benzene rings is 1. The fourth-order valence-electron chi connectivity index (χ4n) is 2.70. The number of hydroxylamine groups is 2. The lowest BCUT2D eigenvalue weighted by Crippen LogP contribution is -2.33. The molecule has 3 rings (SSSR count). The topological polar surface area (TPSA) is 58.8 Å². The second kappa shape index (κ2) is 6.83. The summed E-state index contributed by atoms with van der Waals surface area (Å²) in [5.74, 6) is 0.967. The van der Waals surface area contributed by atoms with Crippen LogP contribution < -0.4 is 4.90 Å². The van der Waals surface area contributed by atoms with Gasteiger partial charge in [0.1, 0.15) is 0 Å². The van der Waals surface area contributed by atoms with Crippen LogP contribution in [0, 0.1) is 0 Å². The number of rotatable bonds is 4. The van der Waals surface area contributed by atoms with Crippen LogP contribution in [0.2, 0.25) is 0 Å². The van der Waals surface area contributed by atoms with E-state index in [1.165, 1.54) is 13.5 Å². The summed E-state index contributed by atoms with van der Waals surface area (Å²) in [7, 11) is 3.01. The number of hydrogen-bond donors (Lipinski definition) is 0. The molecule has 0 aliphatic carbocycles. The van der Waals surface area contributed by atoms with Gasteiger partial charge in [-0.1, -0.05) is 18.2 Å². The van der Waals surface area contributed by atoms with Crippen molar-refractivity contribution in [1.82, 2.24) is 10.0 Å². The third kappa shape index (κ3) is 3.22. The van der Waals surface area contributed by atoms with Gasteiger partial charge in [-0.05, 0) is 31.4 Å². The summed E-state index contributed by atoms with van der Waals surface area (Å²) < 4.78 is 5.81. The zero-order valence-electron chi connectivity index (χ0n) is 13.5. The van der Waals surface area contributed by atoms with Crippen LogP contribution in [-0.4, -0.2) is 43.2 Å². The van der Waals surface area contributed by atoms with Gasteiger partial charge in [0.2, 0.25) is 11.7 Å². The van der Waals surface area contributed by atoms with E-state index in [1.54, 1.807) is 7.05 Å². The number of anilines is 1. The molecule has 1 aliphatic heterocycles. The fourth-order valence-corrected chi connectivity index (χ4v) is 2.70. The van der Waals surface area contributed by atoms with Crippen LogP contribution in [-0.2, 0) is 4.84 Å². The first-order chi connectivity index (χ1) is 11.2. The summed E-state index contributed by atoms with van der Waals surface area (Å²) in [6, 6.07) is 9.61. The van der Waals surface area contributed by atoms with Crippen LogP contribution in [0.15, 0.2) is 34.7 Å². The molecule has 0 saturated carbocycles. The number of oxazole rings is 1. The number of aromatic nitrogens is 1. The Morgan fingerprint density at radius 2 is 1.91 bits per heavy atom. The summed E-state index contributed by atoms with van der Waals surface area (Å²) in [6.07, 6.45) is 3.41. The van der Waals surface area contributed by atoms with Crippen LogP contribution in [0.4, 0.5) is 5.82 Å². The van der Waals surface area contributed by atoms with Crippen LogP contribution in [0.1, 0.15) is 29.8 Å². The van der Waals surface area contributed by atoms with Gasteiger partial charge in [0.25, 0.3) is 0 Å². The van der Waals surface area contributed by atoms with Gasteiger partial charge in [-0.25, -0.2) is 5.06 Å². The Labute approximate surface area is 135 Å². The molecule has 0 atom stereocenters. The van der Waals surface area contributed by atoms with E-state index in [0.29, 0.717) is 11.7 Å². The number of nitrogens with zero attached hydrogens (tertiary/aromatic N) is 3. The van der Waals surface area contributed by atoms with E-state index in [4.69, 9.17) is 9.25 Å². The third-order valence-electron chi connectivity index (χ3n) is 4.04. The van der Waals surface area contributed by atoms with Crippen molar-refractivity contribution in [2.24, 2.45) is 0 Å². The highest BCUT2D eigenvalue weighted by molar-refractivity contribution is 5.96. The maximum Gasteiger partial charge on any atom is 0.316 e. The van der Waals surface area contributed by atoms with Gasteiger partial charge in [-0.15, -0.1) is 0 Å². The largest absolute Gasteiger partial charge is 0.428 e. The average molecular weight is 315 g/mol. The predicted molar refractivity (Wildman–Crippen MR) is 87.1 cm³/mol. The molecule has 0 radical (unpaired) electrons. The first-order valence-corrected chi connectivity index (χ1v) is 7.84. The molecule has 6 heteroatoms. The molecule has 2 heterocycles. The number of amides is 1. The molecule has 1 saturated heterocycles. The Morgan fingerprint density at radius 1 is 1.22 bits per heavy atom. The molecule has 0 spiro atoms. The molecule has 2 aromatic rings. The monoisotopic (exact) mass is 315 g/mol. The van der Waals surface area contributed by atoms with Gasteiger partial charge in [-0.3, -0.25) is 9.63 Å². The van der Waals surface area contributed by atoms with E-state index >= 15 is 0 Å². The van der Waals surface area contributed by atoms with Crippen molar-refractivity contribution in [1.29, 1.82) is 0 Å². The SMILES string of the molecule is CON(C)C(=O)c1oc(-c2ccccc2)nc1N1CCCCC1. The lowest BCUT2D eigenvalue weighted by molar-refractivity contribution is -0.0772. The molecule has 1 fully saturated rings. The van der Waals surface area contributed by atoms with Crippen molar-refractivity contribution in [2.45, 2.75) is 19.3 Å². The van der Waals surface area contributed by atoms with Crippen molar-refractivity contribution >= 4 is 11.7 Å². The van der Waals surface area contributed by atoms with Crippen molar-refractivity contribution in [3.05, 3.63) is 36.1 Å². The van der Waals surface area contributed by atoms with Gasteiger partial charge in [0.15, 0.2) is 5.82 Å². The molecular weight excluding hydrogens is 294 g/mol. The third-order valence-corrected chi connectivity index (χ3v) is 4.04. The van der Waals surface area contributed by atoms with Crippen molar-refractivity contribution in [3.8, 4) is 11.5 Å². The average Bonchev–Trinajstić information content (AvgIpc) is 3.07. The molecule has 1 amide bonds. The number of piperidine rings is 1. The molecule has 1 aliphatic rings. The van der Waals surface area contributed by atoms with Gasteiger partial charge >= 0.3 is 5.91 Å². The second-order valence-electron chi connectivity index (χ2n) is 5.57. The first-order valence-electron chi connectivity index (χ1n) is 7.84. The van der Waals surface area contributed by atoms with Crippen LogP contribution >= 0.6 is 0 Å². The Morgan fingerprint density at radius 3 is 2.57 bits per heavy atom. The van der Waals surface area contributed by atoms with E-state index in [1.807, 2.05) is 30.3 Å². The Balaban J connectivity index is 2.01. The minimum Gasteiger partial charge on any atom is -0.428 e. The summed E-state index contributed by atoms with van der Waals surface area (Å²) in [5.41, 5.74) is 0.852. The van der Waals surface area contributed by atoms with Crippen molar-refractivity contribution in [3.63, 3.8) is 0 Å². The second-order valence-corrected chi connectivity index (χ2v) is 5.57. The minimum atomic E-state index is -0.331. The lowest BCUT2D eigenvalue weighted by atomic mass is 10.1. The van der Waals surface area contributed by atoms with Crippen molar-refractivity contribution < 1.29 is 14.0 Å². The maximum atomic E-state index is 12.5. The van der Waals surface area contributed by atoms with Gasteiger partial charge in [0, 0.05) is 25.7 Å². The van der Waals surface area contributed by atoms with Crippen molar-refractivity contribution in [2.75, 3.05) is 32.1 Å². The summed E-state index contributed by atoms with van der Waals surface area (Å²) in [6.45, 7) is 1.77. The highest BCUT2D eigenvalue weighted by Crippen LogP contribution is 2.30. The normalized spacial score (nSPS) is 14.8. The molecule has 1 aromatic heterocycles. The Bertz CT molecular complexity index is 663. The summed E-state index contributed by atoms with van der Waals surface area (Å²) in [4.78, 5) is 24.2. The fraction of sp³-hybridized carbons (Fsp3) is 0.412. The lowest BCUT2D eigenvalue weighted by Gasteiger charge is -2.27. The highest BCUT2D eigenvalue weighted by atomic mass is 16.7. The molecule has 0 unspecified atom stereocenters. The molecule has 0 bridgehead atoms. The Hall–Kier alpha value is -2.34. The number of carbonyl (C=O) groups excluding carboxylic acids is 1. The van der Waals surface area contributed by atoms with Gasteiger partial charge in [0.05, 0.1) is 7.11 Å². The van der Waals surface area contributed by atoms with E-state index in [-0.39, 0.29) is 11.7 Å². The maximum absolute atomic E-state index is 12.5. The molecule has 122 valence electrons. The van der Waals surface area contributed by atoms with E-state index in [0.717, 1.165) is 36.6 Å². The zero-order valence-corrected chi connectivity index (χ0v) is 13.5. The van der Waals surface area contributed by atoms with E-state index in [9.17, 15) is 4.79 Å². The summed E-state index contributed by atoms with van der Waals surface area (Å²) in [5, 5.41) is 1.16. The summed E-state index contributed by atoms with van der Waals surface area (Å²) >= 11 is 0. The standard InChI is InChI=1S/C17H21N3O3/c1-19(22-2)17(21)14-15(20-11-7-4-8-12-20)18-16(23-14)13-9-5-3-6-10-13/h3,5-6,9-10H,4,7-8,11-12H2,1-2H3. The molecule has 6 nitrogen and oxygen atoms in total. The highest BCUT2D eigenvalue weighted by Gasteiger charge is 2.28. The van der Waals surface area contributed by atoms with Crippen LogP contribution in [0.3, 0.4) is 0 Å². The molecule has 0 N–H and O–H groups in total. The van der Waals surface area contributed by atoms with Gasteiger partial charge < -0.3 is 9.32 Å². The quantitative estimate of drug-likeness (QED) is 0.812. The predicted octanol–water partition coefficient (Wildman–Crippen LogP) is 2.97. The molecule has 1 aromatic carbocycles. The van der Waals surface area contributed by atoms with Crippen LogP contribution in [0.5, 0.6) is 0 Å². The Kier molecular flexibility index (Phi) is 4.62. The van der Waals surface area contributed by atoms with Crippen LogP contribution in [0.25, 0.3) is 11.5 Å². The first kappa shape index (κ1) is 15.6. The zero-order chi connectivity index (χ0) is 16.2. The van der Waals surface area contributed by atoms with E-state index < -0.39 is 0 Å².